The fourth-order valence-electron chi connectivity index (χ4n) is 2.36. The van der Waals surface area contributed by atoms with Gasteiger partial charge in [-0.05, 0) is 12.1 Å². The number of nitrogens with one attached hydrogen (secondary N) is 2. The Labute approximate surface area is 117 Å². The molecule has 1 aromatic heterocycles. The lowest BCUT2D eigenvalue weighted by Gasteiger charge is -2.23. The van der Waals surface area contributed by atoms with Crippen LogP contribution in [-0.4, -0.2) is 36.7 Å². The lowest BCUT2D eigenvalue weighted by atomic mass is 10.1. The summed E-state index contributed by atoms with van der Waals surface area (Å²) in [5, 5.41) is 7.15. The smallest absolute Gasteiger partial charge is 0.227 e. The summed E-state index contributed by atoms with van der Waals surface area (Å²) in [4.78, 5) is 16.4. The van der Waals surface area contributed by atoms with E-state index in [1.165, 1.54) is 0 Å². The predicted octanol–water partition coefficient (Wildman–Crippen LogP) is 1.55. The average Bonchev–Trinajstić information content (AvgIpc) is 2.48. The van der Waals surface area contributed by atoms with Gasteiger partial charge in [-0.25, -0.2) is 0 Å². The zero-order valence-electron chi connectivity index (χ0n) is 11.1. The third kappa shape index (κ3) is 2.95. The molecule has 1 fully saturated rings. The second-order valence-corrected chi connectivity index (χ2v) is 4.83. The van der Waals surface area contributed by atoms with Crippen molar-refractivity contribution in [3.63, 3.8) is 0 Å². The number of pyridine rings is 1. The van der Waals surface area contributed by atoms with Crippen LogP contribution in [-0.2, 0) is 9.53 Å². The molecule has 0 spiro atoms. The molecule has 1 atom stereocenters. The van der Waals surface area contributed by atoms with Gasteiger partial charge in [0.05, 0.1) is 30.3 Å². The second kappa shape index (κ2) is 5.98. The van der Waals surface area contributed by atoms with E-state index in [1.807, 2.05) is 30.3 Å². The molecule has 3 rings (SSSR count). The van der Waals surface area contributed by atoms with Crippen LogP contribution in [0.25, 0.3) is 10.9 Å². The minimum Gasteiger partial charge on any atom is -0.375 e. The van der Waals surface area contributed by atoms with Crippen molar-refractivity contribution in [2.45, 2.75) is 12.5 Å². The molecule has 0 bridgehead atoms. The molecule has 0 radical (unpaired) electrons. The molecule has 2 N–H and O–H groups in total. The number of hydrogen-bond donors (Lipinski definition) is 2. The first-order valence-corrected chi connectivity index (χ1v) is 6.79. The SMILES string of the molecule is O=C(CC1CNCCO1)Nc1cccc2cccnc12. The maximum Gasteiger partial charge on any atom is 0.227 e. The zero-order valence-corrected chi connectivity index (χ0v) is 11.1. The number of morpholine rings is 1. The molecule has 2 aromatic rings. The average molecular weight is 271 g/mol. The van der Waals surface area contributed by atoms with Gasteiger partial charge in [-0.2, -0.15) is 0 Å². The minimum absolute atomic E-state index is 0.0446. The number of anilines is 1. The maximum atomic E-state index is 12.1. The van der Waals surface area contributed by atoms with E-state index in [0.29, 0.717) is 13.0 Å². The van der Waals surface area contributed by atoms with Crippen LogP contribution in [0.3, 0.4) is 0 Å². The van der Waals surface area contributed by atoms with Crippen molar-refractivity contribution in [3.05, 3.63) is 36.5 Å². The first-order chi connectivity index (χ1) is 9.83. The molecule has 2 heterocycles. The van der Waals surface area contributed by atoms with Crippen molar-refractivity contribution in [2.75, 3.05) is 25.0 Å². The summed E-state index contributed by atoms with van der Waals surface area (Å²) in [6.07, 6.45) is 2.04. The van der Waals surface area contributed by atoms with Gasteiger partial charge in [0.1, 0.15) is 0 Å². The maximum absolute atomic E-state index is 12.1. The molecule has 104 valence electrons. The van der Waals surface area contributed by atoms with Crippen molar-refractivity contribution in [1.29, 1.82) is 0 Å². The van der Waals surface area contributed by atoms with Gasteiger partial charge in [0.2, 0.25) is 5.91 Å². The summed E-state index contributed by atoms with van der Waals surface area (Å²) in [6, 6.07) is 9.62. The molecule has 1 saturated heterocycles. The second-order valence-electron chi connectivity index (χ2n) is 4.83. The van der Waals surface area contributed by atoms with Gasteiger partial charge in [-0.3, -0.25) is 9.78 Å². The Kier molecular flexibility index (Phi) is 3.90. The van der Waals surface area contributed by atoms with Gasteiger partial charge in [0.15, 0.2) is 0 Å². The van der Waals surface area contributed by atoms with Crippen molar-refractivity contribution in [2.24, 2.45) is 0 Å². The molecule has 5 heteroatoms. The summed E-state index contributed by atoms with van der Waals surface area (Å²) < 4.78 is 5.53. The van der Waals surface area contributed by atoms with Crippen molar-refractivity contribution < 1.29 is 9.53 Å². The Balaban J connectivity index is 1.71. The molecule has 1 aliphatic heterocycles. The lowest BCUT2D eigenvalue weighted by molar-refractivity contribution is -0.119. The normalized spacial score (nSPS) is 18.9. The molecule has 20 heavy (non-hydrogen) atoms. The van der Waals surface area contributed by atoms with E-state index in [2.05, 4.69) is 15.6 Å². The van der Waals surface area contributed by atoms with Crippen LogP contribution in [0.1, 0.15) is 6.42 Å². The standard InChI is InChI=1S/C15H17N3O2/c19-14(9-12-10-16-7-8-20-12)18-13-5-1-3-11-4-2-6-17-15(11)13/h1-6,12,16H,7-10H2,(H,18,19). The third-order valence-corrected chi connectivity index (χ3v) is 3.32. The van der Waals surface area contributed by atoms with Crippen LogP contribution in [0, 0.1) is 0 Å². The van der Waals surface area contributed by atoms with Crippen LogP contribution < -0.4 is 10.6 Å². The van der Waals surface area contributed by atoms with Gasteiger partial charge >= 0.3 is 0 Å². The number of hydrogen-bond acceptors (Lipinski definition) is 4. The van der Waals surface area contributed by atoms with Crippen LogP contribution in [0.15, 0.2) is 36.5 Å². The number of ether oxygens (including phenoxy) is 1. The monoisotopic (exact) mass is 271 g/mol. The number of carbonyl (C=O) groups excluding carboxylic acids is 1. The quantitative estimate of drug-likeness (QED) is 0.889. The number of para-hydroxylation sites is 1. The zero-order chi connectivity index (χ0) is 13.8. The van der Waals surface area contributed by atoms with E-state index in [9.17, 15) is 4.79 Å². The number of carbonyl (C=O) groups is 1. The fraction of sp³-hybridized carbons (Fsp3) is 0.333. The topological polar surface area (TPSA) is 63.2 Å². The highest BCUT2D eigenvalue weighted by atomic mass is 16.5. The van der Waals surface area contributed by atoms with E-state index in [-0.39, 0.29) is 12.0 Å². The summed E-state index contributed by atoms with van der Waals surface area (Å²) in [6.45, 7) is 2.24. The number of benzene rings is 1. The minimum atomic E-state index is -0.0494. The Morgan fingerprint density at radius 2 is 2.30 bits per heavy atom. The Hall–Kier alpha value is -1.98. The van der Waals surface area contributed by atoms with Gasteiger partial charge in [0.25, 0.3) is 0 Å². The van der Waals surface area contributed by atoms with E-state index in [4.69, 9.17) is 4.74 Å². The third-order valence-electron chi connectivity index (χ3n) is 3.32. The number of nitrogens with zero attached hydrogens (tertiary/aromatic N) is 1. The Morgan fingerprint density at radius 3 is 3.15 bits per heavy atom. The van der Waals surface area contributed by atoms with Gasteiger partial charge in [-0.15, -0.1) is 0 Å². The fourth-order valence-corrected chi connectivity index (χ4v) is 2.36. The lowest BCUT2D eigenvalue weighted by Crippen LogP contribution is -2.40. The van der Waals surface area contributed by atoms with Gasteiger partial charge < -0.3 is 15.4 Å². The summed E-state index contributed by atoms with van der Waals surface area (Å²) in [5.74, 6) is -0.0446. The molecule has 5 nitrogen and oxygen atoms in total. The summed E-state index contributed by atoms with van der Waals surface area (Å²) in [5.41, 5.74) is 1.56. The highest BCUT2D eigenvalue weighted by Crippen LogP contribution is 2.20. The van der Waals surface area contributed by atoms with Crippen LogP contribution in [0.5, 0.6) is 0 Å². The van der Waals surface area contributed by atoms with Gasteiger partial charge in [-0.1, -0.05) is 18.2 Å². The Morgan fingerprint density at radius 1 is 1.40 bits per heavy atom. The first-order valence-electron chi connectivity index (χ1n) is 6.79. The summed E-state index contributed by atoms with van der Waals surface area (Å²) in [7, 11) is 0. The molecular formula is C15H17N3O2. The predicted molar refractivity (Wildman–Crippen MR) is 77.6 cm³/mol. The highest BCUT2D eigenvalue weighted by Gasteiger charge is 2.17. The van der Waals surface area contributed by atoms with Gasteiger partial charge in [0, 0.05) is 24.7 Å². The van der Waals surface area contributed by atoms with Crippen molar-refractivity contribution in [3.8, 4) is 0 Å². The molecule has 1 aliphatic rings. The van der Waals surface area contributed by atoms with Crippen LogP contribution >= 0.6 is 0 Å². The molecule has 0 aliphatic carbocycles. The molecule has 1 aromatic carbocycles. The van der Waals surface area contributed by atoms with Crippen molar-refractivity contribution in [1.82, 2.24) is 10.3 Å². The highest BCUT2D eigenvalue weighted by molar-refractivity contribution is 6.00. The number of fused-ring (bicyclic) bond motifs is 1. The molecular weight excluding hydrogens is 254 g/mol. The van der Waals surface area contributed by atoms with Crippen LogP contribution in [0.4, 0.5) is 5.69 Å². The van der Waals surface area contributed by atoms with E-state index >= 15 is 0 Å². The number of amides is 1. The first kappa shape index (κ1) is 13.0. The number of aromatic nitrogens is 1. The number of rotatable bonds is 3. The van der Waals surface area contributed by atoms with E-state index in [0.717, 1.165) is 29.7 Å². The molecule has 1 amide bonds. The molecule has 0 saturated carbocycles. The Bertz CT molecular complexity index is 604. The largest absolute Gasteiger partial charge is 0.375 e. The van der Waals surface area contributed by atoms with Crippen LogP contribution in [0.2, 0.25) is 0 Å². The van der Waals surface area contributed by atoms with Crippen molar-refractivity contribution >= 4 is 22.5 Å². The summed E-state index contributed by atoms with van der Waals surface area (Å²) >= 11 is 0. The van der Waals surface area contributed by atoms with E-state index < -0.39 is 0 Å². The molecule has 1 unspecified atom stereocenters. The van der Waals surface area contributed by atoms with E-state index in [1.54, 1.807) is 6.20 Å².